The molecule has 4 aromatic carbocycles. The number of aliphatic hydroxyl groups is 1. The highest BCUT2D eigenvalue weighted by molar-refractivity contribution is 9.10. The lowest BCUT2D eigenvalue weighted by Crippen LogP contribution is -2.50. The summed E-state index contributed by atoms with van der Waals surface area (Å²) in [5, 5.41) is 12.2. The maximum absolute atomic E-state index is 14.4. The third-order valence-electron chi connectivity index (χ3n) is 7.67. The van der Waals surface area contributed by atoms with Gasteiger partial charge in [-0.2, -0.15) is 0 Å². The second-order valence-corrected chi connectivity index (χ2v) is 11.6. The maximum Gasteiger partial charge on any atom is 0.252 e. The number of amides is 1. The highest BCUT2D eigenvalue weighted by atomic mass is 79.9. The molecule has 0 saturated carbocycles. The first-order valence-corrected chi connectivity index (χ1v) is 15.6. The van der Waals surface area contributed by atoms with Crippen LogP contribution in [0.25, 0.3) is 0 Å². The van der Waals surface area contributed by atoms with Crippen LogP contribution in [0.5, 0.6) is 17.2 Å². The van der Waals surface area contributed by atoms with E-state index in [4.69, 9.17) is 29.0 Å². The number of ether oxygens (including phenoxy) is 4. The van der Waals surface area contributed by atoms with E-state index in [1.54, 1.807) is 14.2 Å². The number of hydrogen-bond donors (Lipinski definition) is 2. The number of carbonyl (C=O) groups is 1. The molecule has 1 amide bonds. The summed E-state index contributed by atoms with van der Waals surface area (Å²) in [5.74, 6) is 2.25. The second-order valence-electron chi connectivity index (χ2n) is 10.7. The van der Waals surface area contributed by atoms with E-state index in [1.807, 2.05) is 97.1 Å². The lowest BCUT2D eigenvalue weighted by molar-refractivity contribution is -0.128. The molecule has 0 aliphatic carbocycles. The van der Waals surface area contributed by atoms with Crippen molar-refractivity contribution in [2.45, 2.75) is 30.9 Å². The van der Waals surface area contributed by atoms with Gasteiger partial charge in [0.2, 0.25) is 5.90 Å². The topological polar surface area (TPSA) is 98.6 Å². The van der Waals surface area contributed by atoms with Gasteiger partial charge in [-0.1, -0.05) is 52.3 Å². The van der Waals surface area contributed by atoms with Crippen molar-refractivity contribution >= 4 is 27.7 Å². The molecule has 45 heavy (non-hydrogen) atoms. The number of aliphatic imine (C=N–C) groups is 1. The molecule has 0 unspecified atom stereocenters. The van der Waals surface area contributed by atoms with E-state index in [1.165, 1.54) is 0 Å². The minimum absolute atomic E-state index is 0.0665. The fraction of sp³-hybridized carbons (Fsp3) is 0.278. The molecule has 0 bridgehead atoms. The van der Waals surface area contributed by atoms with Crippen LogP contribution < -0.4 is 19.5 Å². The van der Waals surface area contributed by atoms with Crippen LogP contribution >= 0.6 is 15.9 Å². The monoisotopic (exact) mass is 672 g/mol. The van der Waals surface area contributed by atoms with Gasteiger partial charge in [0.05, 0.1) is 20.8 Å². The number of benzene rings is 4. The van der Waals surface area contributed by atoms with Gasteiger partial charge in [0.25, 0.3) is 5.91 Å². The molecule has 234 valence electrons. The largest absolute Gasteiger partial charge is 0.497 e. The minimum Gasteiger partial charge on any atom is -0.497 e. The third kappa shape index (κ3) is 7.85. The van der Waals surface area contributed by atoms with Crippen LogP contribution in [-0.4, -0.2) is 56.4 Å². The van der Waals surface area contributed by atoms with Crippen LogP contribution in [0.2, 0.25) is 0 Å². The molecule has 1 aliphatic heterocycles. The summed E-state index contributed by atoms with van der Waals surface area (Å²) >= 11 is 3.52. The molecule has 2 atom stereocenters. The van der Waals surface area contributed by atoms with Crippen LogP contribution in [0.3, 0.4) is 0 Å². The Kier molecular flexibility index (Phi) is 10.8. The molecule has 0 aromatic heterocycles. The summed E-state index contributed by atoms with van der Waals surface area (Å²) in [6.07, 6.45) is 0.768. The van der Waals surface area contributed by atoms with Crippen molar-refractivity contribution in [1.29, 1.82) is 0 Å². The zero-order chi connectivity index (χ0) is 31.6. The van der Waals surface area contributed by atoms with Crippen molar-refractivity contribution < 1.29 is 28.8 Å². The van der Waals surface area contributed by atoms with Crippen LogP contribution in [0.15, 0.2) is 107 Å². The molecule has 0 saturated heterocycles. The Balaban J connectivity index is 1.51. The van der Waals surface area contributed by atoms with Crippen LogP contribution in [0.4, 0.5) is 0 Å². The Hall–Kier alpha value is -4.34. The lowest BCUT2D eigenvalue weighted by Gasteiger charge is -2.31. The standard InChI is InChI=1S/C36H37BrN2O6/c1-42-30-15-9-25(10-16-30)19-20-38-35(41)36(24-26-7-13-29(37)14-8-26)33(28-5-3-6-32(23-28)43-2)45-34(39-36)27-11-17-31(18-12-27)44-22-4-21-40/h3,5-18,23,33,40H,4,19-22,24H2,1-2H3,(H,38,41)/t33-,36-/m1/s1. The van der Waals surface area contributed by atoms with Crippen LogP contribution in [0.1, 0.15) is 34.8 Å². The average molecular weight is 674 g/mol. The average Bonchev–Trinajstić information content (AvgIpc) is 3.47. The number of methoxy groups -OCH3 is 2. The van der Waals surface area contributed by atoms with Crippen molar-refractivity contribution in [3.63, 3.8) is 0 Å². The summed E-state index contributed by atoms with van der Waals surface area (Å²) < 4.78 is 24.1. The smallest absolute Gasteiger partial charge is 0.252 e. The summed E-state index contributed by atoms with van der Waals surface area (Å²) in [6, 6.07) is 30.7. The van der Waals surface area contributed by atoms with E-state index in [0.717, 1.165) is 32.5 Å². The van der Waals surface area contributed by atoms with E-state index in [9.17, 15) is 4.79 Å². The summed E-state index contributed by atoms with van der Waals surface area (Å²) in [4.78, 5) is 19.6. The Labute approximate surface area is 272 Å². The SMILES string of the molecule is COc1ccc(CCNC(=O)[C@]2(Cc3ccc(Br)cc3)N=C(c3ccc(OCCCO)cc3)O[C@@H]2c2cccc(OC)c2)cc1. The van der Waals surface area contributed by atoms with Crippen molar-refractivity contribution in [3.05, 3.63) is 124 Å². The first kappa shape index (κ1) is 32.1. The van der Waals surface area contributed by atoms with Gasteiger partial charge < -0.3 is 29.4 Å². The fourth-order valence-electron chi connectivity index (χ4n) is 5.27. The van der Waals surface area contributed by atoms with Gasteiger partial charge in [0.1, 0.15) is 17.2 Å². The predicted molar refractivity (Wildman–Crippen MR) is 177 cm³/mol. The molecule has 0 spiro atoms. The van der Waals surface area contributed by atoms with E-state index in [2.05, 4.69) is 21.2 Å². The molecular formula is C36H37BrN2O6. The third-order valence-corrected chi connectivity index (χ3v) is 8.20. The number of nitrogens with zero attached hydrogens (tertiary/aromatic N) is 1. The first-order valence-electron chi connectivity index (χ1n) is 14.8. The first-order chi connectivity index (χ1) is 21.9. The summed E-state index contributed by atoms with van der Waals surface area (Å²) in [5.41, 5.74) is 2.21. The number of halogens is 1. The number of hydrogen-bond acceptors (Lipinski definition) is 7. The predicted octanol–water partition coefficient (Wildman–Crippen LogP) is 6.09. The Morgan fingerprint density at radius 1 is 0.911 bits per heavy atom. The Morgan fingerprint density at radius 2 is 1.60 bits per heavy atom. The number of rotatable bonds is 14. The van der Waals surface area contributed by atoms with Gasteiger partial charge in [-0.05, 0) is 83.8 Å². The zero-order valence-corrected chi connectivity index (χ0v) is 27.0. The second kappa shape index (κ2) is 15.1. The fourth-order valence-corrected chi connectivity index (χ4v) is 5.53. The van der Waals surface area contributed by atoms with E-state index >= 15 is 0 Å². The van der Waals surface area contributed by atoms with Crippen molar-refractivity contribution in [2.24, 2.45) is 4.99 Å². The number of carbonyl (C=O) groups excluding carboxylic acids is 1. The quantitative estimate of drug-likeness (QED) is 0.158. The van der Waals surface area contributed by atoms with E-state index in [-0.39, 0.29) is 12.5 Å². The molecule has 8 nitrogen and oxygen atoms in total. The summed E-state index contributed by atoms with van der Waals surface area (Å²) in [6.45, 7) is 0.901. The van der Waals surface area contributed by atoms with E-state index in [0.29, 0.717) is 49.8 Å². The van der Waals surface area contributed by atoms with Crippen LogP contribution in [0, 0.1) is 0 Å². The van der Waals surface area contributed by atoms with Crippen molar-refractivity contribution in [1.82, 2.24) is 5.32 Å². The zero-order valence-electron chi connectivity index (χ0n) is 25.4. The maximum atomic E-state index is 14.4. The molecule has 5 rings (SSSR count). The van der Waals surface area contributed by atoms with Gasteiger partial charge in [-0.25, -0.2) is 4.99 Å². The highest BCUT2D eigenvalue weighted by Crippen LogP contribution is 2.43. The summed E-state index contributed by atoms with van der Waals surface area (Å²) in [7, 11) is 3.25. The number of nitrogens with one attached hydrogen (secondary N) is 1. The molecule has 2 N–H and O–H groups in total. The van der Waals surface area contributed by atoms with Gasteiger partial charge >= 0.3 is 0 Å². The number of aliphatic hydroxyl groups excluding tert-OH is 1. The van der Waals surface area contributed by atoms with Gasteiger partial charge in [-0.15, -0.1) is 0 Å². The highest BCUT2D eigenvalue weighted by Gasteiger charge is 2.53. The molecular weight excluding hydrogens is 636 g/mol. The van der Waals surface area contributed by atoms with Crippen molar-refractivity contribution in [3.8, 4) is 17.2 Å². The van der Waals surface area contributed by atoms with Gasteiger partial charge in [0.15, 0.2) is 11.6 Å². The molecule has 4 aromatic rings. The Bertz CT molecular complexity index is 1590. The molecule has 1 heterocycles. The normalized spacial score (nSPS) is 17.2. The van der Waals surface area contributed by atoms with Crippen LogP contribution in [-0.2, 0) is 22.4 Å². The van der Waals surface area contributed by atoms with Crippen molar-refractivity contribution in [2.75, 3.05) is 34.0 Å². The van der Waals surface area contributed by atoms with Gasteiger partial charge in [0, 0.05) is 36.0 Å². The molecule has 9 heteroatoms. The molecule has 0 radical (unpaired) electrons. The molecule has 0 fully saturated rings. The molecule has 1 aliphatic rings. The lowest BCUT2D eigenvalue weighted by atomic mass is 9.82. The van der Waals surface area contributed by atoms with E-state index < -0.39 is 11.6 Å². The van der Waals surface area contributed by atoms with Gasteiger partial charge in [-0.3, -0.25) is 4.79 Å². The minimum atomic E-state index is -1.31. The Morgan fingerprint density at radius 3 is 2.29 bits per heavy atom.